The van der Waals surface area contributed by atoms with Gasteiger partial charge in [-0.2, -0.15) is 0 Å². The second-order valence-electron chi connectivity index (χ2n) is 18.4. The molecule has 4 saturated carbocycles. The molecule has 7 aliphatic rings. The molecule has 8 rings (SSSR count). The number of primary amides is 1. The summed E-state index contributed by atoms with van der Waals surface area (Å²) in [5, 5.41) is 86.8. The molecule has 0 aromatic heterocycles. The van der Waals surface area contributed by atoms with Gasteiger partial charge < -0.3 is 46.6 Å². The maximum Gasteiger partial charge on any atom is 0.255 e. The molecule has 0 radical (unpaired) electrons. The van der Waals surface area contributed by atoms with E-state index >= 15 is 0 Å². The summed E-state index contributed by atoms with van der Waals surface area (Å²) in [6.45, 7) is 4.56. The average Bonchev–Trinajstić information content (AvgIpc) is 3.43. The number of ketones is 5. The molecule has 0 spiro atoms. The number of aliphatic hydroxyl groups is 7. The highest BCUT2D eigenvalue weighted by atomic mass is 16.4. The Morgan fingerprint density at radius 2 is 1.59 bits per heavy atom. The van der Waals surface area contributed by atoms with Crippen molar-refractivity contribution in [2.45, 2.75) is 94.7 Å². The van der Waals surface area contributed by atoms with Gasteiger partial charge >= 0.3 is 0 Å². The molecule has 4 fully saturated rings. The Morgan fingerprint density at radius 3 is 2.20 bits per heavy atom. The van der Waals surface area contributed by atoms with Gasteiger partial charge in [0.05, 0.1) is 40.7 Å². The summed E-state index contributed by atoms with van der Waals surface area (Å²) in [6, 6.07) is 2.50. The molecule has 0 aliphatic heterocycles. The number of benzene rings is 1. The number of fused-ring (bicyclic) bond motifs is 8. The van der Waals surface area contributed by atoms with E-state index in [0.717, 1.165) is 18.4 Å². The van der Waals surface area contributed by atoms with E-state index in [9.17, 15) is 69.6 Å². The van der Waals surface area contributed by atoms with Crippen LogP contribution < -0.4 is 5.73 Å². The molecule has 0 unspecified atom stereocenters. The Labute approximate surface area is 339 Å². The quantitative estimate of drug-likeness (QED) is 0.188. The number of aliphatic hydroxyl groups excluding tert-OH is 4. The van der Waals surface area contributed by atoms with Gasteiger partial charge in [0, 0.05) is 24.2 Å². The Bertz CT molecular complexity index is 2200. The standard InChI is InChI=1S/C22H24N2O9.C21H28O5/c1-21(32)7-5-4-6-8(25)9(7)15(26)10-12(21)17(28)13-14(24(2)3)16(27)11(20(23)31)19(30)22(13,33)18(10)29;1-19-7-5-13(23)9-12(19)3-4-14-15-6-8-21(26,17(25)11-22)20(15,2)10-16(24)18(14)19/h4-6,12-14,17,25-26,28,30,32-33H,1-3H3,(H2,23,31);9,14-15,18,22,26H,3-8,10-11H2,1-2H3/t12-,13-,14+,17+,21-,22+;14-,15-,18+,19-,20-,21-/m10/s1. The predicted molar refractivity (Wildman–Crippen MR) is 206 cm³/mol. The average molecular weight is 821 g/mol. The van der Waals surface area contributed by atoms with Gasteiger partial charge in [-0.1, -0.05) is 31.6 Å². The van der Waals surface area contributed by atoms with Crippen LogP contribution in [0.15, 0.2) is 46.8 Å². The first-order valence-corrected chi connectivity index (χ1v) is 19.9. The fraction of sp³-hybridized carbons (Fsp3) is 0.581. The number of nitrogens with zero attached hydrogens (tertiary/aromatic N) is 1. The Balaban J connectivity index is 0.000000184. The van der Waals surface area contributed by atoms with Crippen LogP contribution in [-0.2, 0) is 34.4 Å². The maximum atomic E-state index is 13.7. The van der Waals surface area contributed by atoms with Crippen molar-refractivity contribution in [1.82, 2.24) is 4.90 Å². The summed E-state index contributed by atoms with van der Waals surface area (Å²) >= 11 is 0. The minimum Gasteiger partial charge on any atom is -0.508 e. The van der Waals surface area contributed by atoms with E-state index in [1.165, 1.54) is 44.1 Å². The van der Waals surface area contributed by atoms with Gasteiger partial charge in [0.2, 0.25) is 5.78 Å². The molecule has 7 aliphatic carbocycles. The zero-order chi connectivity index (χ0) is 43.7. The highest BCUT2D eigenvalue weighted by Crippen LogP contribution is 2.67. The van der Waals surface area contributed by atoms with Crippen molar-refractivity contribution >= 4 is 40.6 Å². The molecule has 1 amide bonds. The maximum absolute atomic E-state index is 13.7. The lowest BCUT2D eigenvalue weighted by Crippen LogP contribution is -2.71. The van der Waals surface area contributed by atoms with Gasteiger partial charge in [-0.25, -0.2) is 0 Å². The van der Waals surface area contributed by atoms with E-state index in [1.807, 2.05) is 6.92 Å². The van der Waals surface area contributed by atoms with Gasteiger partial charge in [-0.15, -0.1) is 0 Å². The summed E-state index contributed by atoms with van der Waals surface area (Å²) in [6.07, 6.45) is 3.95. The second-order valence-corrected chi connectivity index (χ2v) is 18.4. The van der Waals surface area contributed by atoms with Crippen molar-refractivity contribution in [1.29, 1.82) is 0 Å². The number of amides is 1. The molecule has 59 heavy (non-hydrogen) atoms. The number of hydrogen-bond donors (Lipinski definition) is 9. The minimum absolute atomic E-state index is 0.00664. The van der Waals surface area contributed by atoms with Gasteiger partial charge in [0.15, 0.2) is 23.0 Å². The van der Waals surface area contributed by atoms with Crippen LogP contribution in [0.4, 0.5) is 0 Å². The molecular weight excluding hydrogens is 768 g/mol. The van der Waals surface area contributed by atoms with Gasteiger partial charge in [-0.3, -0.25) is 33.7 Å². The van der Waals surface area contributed by atoms with E-state index in [4.69, 9.17) is 5.73 Å². The lowest BCUT2D eigenvalue weighted by atomic mass is 9.46. The third kappa shape index (κ3) is 5.49. The van der Waals surface area contributed by atoms with Crippen LogP contribution in [0, 0.1) is 40.4 Å². The number of carbonyl (C=O) groups is 6. The van der Waals surface area contributed by atoms with E-state index in [0.29, 0.717) is 25.7 Å². The van der Waals surface area contributed by atoms with Crippen LogP contribution in [-0.4, -0.2) is 125 Å². The first kappa shape index (κ1) is 42.5. The number of phenols is 1. The first-order chi connectivity index (χ1) is 27.4. The number of Topliss-reactive ketones (excluding diaryl/α,β-unsaturated/α-hetero) is 4. The molecule has 318 valence electrons. The summed E-state index contributed by atoms with van der Waals surface area (Å²) in [7, 11) is 2.80. The van der Waals surface area contributed by atoms with Crippen molar-refractivity contribution in [2.24, 2.45) is 46.2 Å². The molecule has 16 heteroatoms. The molecule has 1 aromatic rings. The van der Waals surface area contributed by atoms with Crippen molar-refractivity contribution in [3.05, 3.63) is 57.9 Å². The van der Waals surface area contributed by atoms with Crippen LogP contribution in [0.25, 0.3) is 5.76 Å². The third-order valence-electron chi connectivity index (χ3n) is 15.4. The minimum atomic E-state index is -3.02. The fourth-order valence-electron chi connectivity index (χ4n) is 12.6. The number of likely N-dealkylation sites (N-methyl/N-ethyl adjacent to an activating group) is 1. The van der Waals surface area contributed by atoms with Crippen LogP contribution in [0.2, 0.25) is 0 Å². The van der Waals surface area contributed by atoms with Gasteiger partial charge in [-0.05, 0) is 88.1 Å². The Hall–Kier alpha value is -4.58. The number of carbonyl (C=O) groups excluding carboxylic acids is 6. The van der Waals surface area contributed by atoms with Crippen LogP contribution >= 0.6 is 0 Å². The fourth-order valence-corrected chi connectivity index (χ4v) is 12.6. The van der Waals surface area contributed by atoms with E-state index in [1.54, 1.807) is 6.08 Å². The normalized spacial score (nSPS) is 41.1. The molecule has 0 saturated heterocycles. The molecule has 0 bridgehead atoms. The summed E-state index contributed by atoms with van der Waals surface area (Å²) in [5.74, 6) is -9.84. The van der Waals surface area contributed by atoms with Crippen molar-refractivity contribution in [3.8, 4) is 5.75 Å². The topological polar surface area (TPSA) is 294 Å². The van der Waals surface area contributed by atoms with Crippen LogP contribution in [0.3, 0.4) is 0 Å². The monoisotopic (exact) mass is 820 g/mol. The second kappa shape index (κ2) is 13.7. The molecule has 10 N–H and O–H groups in total. The van der Waals surface area contributed by atoms with Gasteiger partial charge in [0.1, 0.15) is 40.8 Å². The number of aromatic hydroxyl groups is 1. The zero-order valence-electron chi connectivity index (χ0n) is 33.6. The van der Waals surface area contributed by atoms with Gasteiger partial charge in [0.25, 0.3) is 5.91 Å². The van der Waals surface area contributed by atoms with E-state index in [-0.39, 0.29) is 52.3 Å². The summed E-state index contributed by atoms with van der Waals surface area (Å²) in [5.41, 5.74) is -3.33. The number of nitrogens with two attached hydrogens (primary N) is 1. The van der Waals surface area contributed by atoms with E-state index < -0.39 is 104 Å². The smallest absolute Gasteiger partial charge is 0.255 e. The highest BCUT2D eigenvalue weighted by molar-refractivity contribution is 6.24. The van der Waals surface area contributed by atoms with Crippen molar-refractivity contribution < 1.29 is 69.6 Å². The number of phenolic OH excluding ortho intramolecular Hbond substituents is 1. The van der Waals surface area contributed by atoms with Crippen molar-refractivity contribution in [3.63, 3.8) is 0 Å². The lowest BCUT2D eigenvalue weighted by Gasteiger charge is -2.57. The predicted octanol–water partition coefficient (Wildman–Crippen LogP) is 0.590. The molecule has 12 atom stereocenters. The number of hydrogen-bond acceptors (Lipinski definition) is 15. The van der Waals surface area contributed by atoms with E-state index in [2.05, 4.69) is 6.92 Å². The summed E-state index contributed by atoms with van der Waals surface area (Å²) < 4.78 is 0. The third-order valence-corrected chi connectivity index (χ3v) is 15.4. The van der Waals surface area contributed by atoms with Crippen LogP contribution in [0.1, 0.15) is 76.8 Å². The summed E-state index contributed by atoms with van der Waals surface area (Å²) in [4.78, 5) is 77.5. The molecule has 16 nitrogen and oxygen atoms in total. The molecule has 1 aromatic carbocycles. The van der Waals surface area contributed by atoms with Crippen LogP contribution in [0.5, 0.6) is 5.75 Å². The number of allylic oxidation sites excluding steroid dienone is 1. The zero-order valence-corrected chi connectivity index (χ0v) is 33.6. The lowest BCUT2D eigenvalue weighted by molar-refractivity contribution is -0.181. The Morgan fingerprint density at radius 1 is 0.932 bits per heavy atom. The largest absolute Gasteiger partial charge is 0.508 e. The number of rotatable bonds is 4. The SMILES string of the molecule is CN(C)[C@@H]1C(=O)C(C(N)=O)=C(O)[C@@]2(O)C(=O)C3=C(O)c4c(O)cccc4[C@@](C)(O)[C@H]3[C@H](O)[C@@H]12.C[C@]12CCC(=O)C=C1CC[C@@H]1[C@@H]2C(=O)C[C@@]2(C)[C@H]1CC[C@]2(O)C(=O)CO. The molecular formula is C43H52N2O14. The van der Waals surface area contributed by atoms with Crippen molar-refractivity contribution in [2.75, 3.05) is 20.7 Å². The Kier molecular flexibility index (Phi) is 9.90. The first-order valence-electron chi connectivity index (χ1n) is 19.9. The molecule has 0 heterocycles. The highest BCUT2D eigenvalue weighted by Gasteiger charge is 2.71.